The lowest BCUT2D eigenvalue weighted by Crippen LogP contribution is -2.37. The Balaban J connectivity index is 1.68. The molecule has 0 radical (unpaired) electrons. The van der Waals surface area contributed by atoms with Crippen LogP contribution in [0.2, 0.25) is 0 Å². The van der Waals surface area contributed by atoms with E-state index in [0.717, 1.165) is 31.6 Å². The molecule has 0 aromatic heterocycles. The third-order valence-corrected chi connectivity index (χ3v) is 4.39. The maximum absolute atomic E-state index is 6.21. The summed E-state index contributed by atoms with van der Waals surface area (Å²) in [6.45, 7) is 4.66. The second kappa shape index (κ2) is 6.31. The van der Waals surface area contributed by atoms with Crippen molar-refractivity contribution in [2.75, 3.05) is 31.5 Å². The molecule has 0 amide bonds. The molecule has 0 bridgehead atoms. The summed E-state index contributed by atoms with van der Waals surface area (Å²) >= 11 is 0. The normalized spacial score (nSPS) is 19.3. The van der Waals surface area contributed by atoms with Gasteiger partial charge < -0.3 is 16.0 Å². The fourth-order valence-corrected chi connectivity index (χ4v) is 3.29. The third kappa shape index (κ3) is 2.98. The number of piperidine rings is 1. The topological polar surface area (TPSA) is 41.3 Å². The summed E-state index contributed by atoms with van der Waals surface area (Å²) in [5.41, 5.74) is 8.44. The molecule has 0 unspecified atom stereocenters. The van der Waals surface area contributed by atoms with Crippen LogP contribution in [0.5, 0.6) is 0 Å². The van der Waals surface area contributed by atoms with Crippen molar-refractivity contribution in [2.24, 2.45) is 5.73 Å². The molecule has 1 saturated heterocycles. The molecular weight excluding hydrogens is 246 g/mol. The molecule has 3 N–H and O–H groups in total. The van der Waals surface area contributed by atoms with Gasteiger partial charge in [0.25, 0.3) is 0 Å². The maximum Gasteiger partial charge on any atom is 0.0437 e. The van der Waals surface area contributed by atoms with Crippen molar-refractivity contribution in [3.05, 3.63) is 28.6 Å². The summed E-state index contributed by atoms with van der Waals surface area (Å²) in [5.74, 6) is 0. The van der Waals surface area contributed by atoms with Crippen LogP contribution in [0, 0.1) is 0 Å². The van der Waals surface area contributed by atoms with Gasteiger partial charge in [-0.2, -0.15) is 0 Å². The molecular formula is C17H25N3. The highest BCUT2D eigenvalue weighted by molar-refractivity contribution is 5.59. The Hall–Kier alpha value is -1.48. The summed E-state index contributed by atoms with van der Waals surface area (Å²) in [6.07, 6.45) is 8.46. The van der Waals surface area contributed by atoms with Crippen LogP contribution < -0.4 is 21.5 Å². The van der Waals surface area contributed by atoms with Crippen LogP contribution in [0.25, 0.3) is 11.8 Å². The average Bonchev–Trinajstić information content (AvgIpc) is 2.49. The first-order chi connectivity index (χ1) is 9.84. The fraction of sp³-hybridized carbons (Fsp3) is 0.529. The molecule has 3 rings (SSSR count). The minimum atomic E-state index is 0.984. The van der Waals surface area contributed by atoms with Gasteiger partial charge in [-0.15, -0.1) is 0 Å². The van der Waals surface area contributed by atoms with Gasteiger partial charge in [0, 0.05) is 29.7 Å². The molecule has 1 aliphatic carbocycles. The highest BCUT2D eigenvalue weighted by Gasteiger charge is 2.10. The first kappa shape index (κ1) is 13.5. The van der Waals surface area contributed by atoms with Crippen LogP contribution in [0.4, 0.5) is 5.69 Å². The number of benzene rings is 1. The van der Waals surface area contributed by atoms with Gasteiger partial charge in [-0.05, 0) is 50.1 Å². The molecule has 1 aliphatic heterocycles. The highest BCUT2D eigenvalue weighted by Crippen LogP contribution is 2.09. The molecule has 1 heterocycles. The van der Waals surface area contributed by atoms with Crippen molar-refractivity contribution < 1.29 is 0 Å². The van der Waals surface area contributed by atoms with Crippen molar-refractivity contribution in [3.8, 4) is 0 Å². The van der Waals surface area contributed by atoms with Crippen molar-refractivity contribution in [3.63, 3.8) is 0 Å². The summed E-state index contributed by atoms with van der Waals surface area (Å²) in [5, 5.41) is 6.11. The number of fused-ring (bicyclic) bond motifs is 1. The first-order valence-corrected chi connectivity index (χ1v) is 7.89. The molecule has 1 aromatic rings. The predicted octanol–water partition coefficient (Wildman–Crippen LogP) is 1.23. The molecule has 0 saturated carbocycles. The Kier molecular flexibility index (Phi) is 4.26. The van der Waals surface area contributed by atoms with Gasteiger partial charge in [0.05, 0.1) is 0 Å². The minimum Gasteiger partial charge on any atom is -0.401 e. The molecule has 1 aromatic carbocycles. The summed E-state index contributed by atoms with van der Waals surface area (Å²) in [7, 11) is 0. The largest absolute Gasteiger partial charge is 0.401 e. The van der Waals surface area contributed by atoms with Gasteiger partial charge >= 0.3 is 0 Å². The van der Waals surface area contributed by atoms with Crippen LogP contribution in [-0.2, 0) is 0 Å². The predicted molar refractivity (Wildman–Crippen MR) is 85.8 cm³/mol. The van der Waals surface area contributed by atoms with Crippen LogP contribution in [-0.4, -0.2) is 31.1 Å². The Labute approximate surface area is 121 Å². The quantitative estimate of drug-likeness (QED) is 0.865. The van der Waals surface area contributed by atoms with E-state index in [0.29, 0.717) is 0 Å². The van der Waals surface area contributed by atoms with Gasteiger partial charge in [0.15, 0.2) is 0 Å². The lowest BCUT2D eigenvalue weighted by atomic mass is 10.0. The molecule has 3 nitrogen and oxygen atoms in total. The summed E-state index contributed by atoms with van der Waals surface area (Å²) in [4.78, 5) is 2.56. The second-order valence-corrected chi connectivity index (χ2v) is 5.87. The van der Waals surface area contributed by atoms with E-state index in [9.17, 15) is 0 Å². The first-order valence-electron chi connectivity index (χ1n) is 7.89. The van der Waals surface area contributed by atoms with E-state index in [2.05, 4.69) is 34.5 Å². The average molecular weight is 271 g/mol. The van der Waals surface area contributed by atoms with Gasteiger partial charge in [0.1, 0.15) is 0 Å². The summed E-state index contributed by atoms with van der Waals surface area (Å²) in [6, 6.07) is 6.44. The molecule has 3 heteroatoms. The van der Waals surface area contributed by atoms with Crippen LogP contribution in [0.1, 0.15) is 32.1 Å². The van der Waals surface area contributed by atoms with Crippen molar-refractivity contribution in [1.29, 1.82) is 0 Å². The molecule has 0 atom stereocenters. The maximum atomic E-state index is 6.21. The molecule has 0 spiro atoms. The molecule has 1 fully saturated rings. The van der Waals surface area contributed by atoms with E-state index in [1.165, 1.54) is 48.5 Å². The number of likely N-dealkylation sites (tertiary alicyclic amines) is 1. The molecule has 108 valence electrons. The van der Waals surface area contributed by atoms with E-state index in [1.807, 2.05) is 0 Å². The van der Waals surface area contributed by atoms with Gasteiger partial charge in [-0.3, -0.25) is 0 Å². The number of nitrogens with two attached hydrogens (primary N) is 1. The standard InChI is InChI=1S/C17H25N3/c18-15-8-4-6-14-7-5-9-16(17(14)15)19-10-13-20-11-2-1-3-12-20/h5-7,9,19H,1-4,8,10-13,18H2. The van der Waals surface area contributed by atoms with Crippen molar-refractivity contribution in [2.45, 2.75) is 32.1 Å². The van der Waals surface area contributed by atoms with E-state index in [4.69, 9.17) is 5.73 Å². The van der Waals surface area contributed by atoms with Crippen molar-refractivity contribution >= 4 is 17.5 Å². The zero-order valence-electron chi connectivity index (χ0n) is 12.2. The van der Waals surface area contributed by atoms with Crippen LogP contribution in [0.3, 0.4) is 0 Å². The Morgan fingerprint density at radius 1 is 1.15 bits per heavy atom. The third-order valence-electron chi connectivity index (χ3n) is 4.39. The number of anilines is 1. The molecule has 2 aliphatic rings. The Morgan fingerprint density at radius 3 is 2.85 bits per heavy atom. The SMILES string of the molecule is NC1=c2c(NCCN3CCCCC3)cccc2=CCC1. The second-order valence-electron chi connectivity index (χ2n) is 5.87. The van der Waals surface area contributed by atoms with Gasteiger partial charge in [-0.1, -0.05) is 24.6 Å². The monoisotopic (exact) mass is 271 g/mol. The van der Waals surface area contributed by atoms with E-state index >= 15 is 0 Å². The van der Waals surface area contributed by atoms with Gasteiger partial charge in [-0.25, -0.2) is 0 Å². The Morgan fingerprint density at radius 2 is 2.00 bits per heavy atom. The van der Waals surface area contributed by atoms with Crippen molar-refractivity contribution in [1.82, 2.24) is 4.90 Å². The van der Waals surface area contributed by atoms with E-state index in [-0.39, 0.29) is 0 Å². The lowest BCUT2D eigenvalue weighted by Gasteiger charge is -2.26. The fourth-order valence-electron chi connectivity index (χ4n) is 3.29. The smallest absolute Gasteiger partial charge is 0.0437 e. The number of nitrogens with zero attached hydrogens (tertiary/aromatic N) is 1. The minimum absolute atomic E-state index is 0.984. The zero-order valence-corrected chi connectivity index (χ0v) is 12.2. The van der Waals surface area contributed by atoms with Crippen LogP contribution in [0.15, 0.2) is 18.2 Å². The zero-order chi connectivity index (χ0) is 13.8. The molecule has 20 heavy (non-hydrogen) atoms. The number of hydrogen-bond acceptors (Lipinski definition) is 3. The van der Waals surface area contributed by atoms with E-state index < -0.39 is 0 Å². The lowest BCUT2D eigenvalue weighted by molar-refractivity contribution is 0.237. The number of nitrogens with one attached hydrogen (secondary N) is 1. The number of hydrogen-bond donors (Lipinski definition) is 2. The number of rotatable bonds is 4. The van der Waals surface area contributed by atoms with Crippen LogP contribution >= 0.6 is 0 Å². The van der Waals surface area contributed by atoms with E-state index in [1.54, 1.807) is 0 Å². The van der Waals surface area contributed by atoms with Gasteiger partial charge in [0.2, 0.25) is 0 Å². The summed E-state index contributed by atoms with van der Waals surface area (Å²) < 4.78 is 0. The highest BCUT2D eigenvalue weighted by atomic mass is 15.1. The Bertz CT molecular complexity index is 570.